The van der Waals surface area contributed by atoms with Crippen LogP contribution in [0.2, 0.25) is 0 Å². The van der Waals surface area contributed by atoms with Gasteiger partial charge in [-0.2, -0.15) is 11.8 Å². The van der Waals surface area contributed by atoms with Crippen LogP contribution in [0.15, 0.2) is 24.3 Å². The van der Waals surface area contributed by atoms with Crippen LogP contribution in [0.5, 0.6) is 0 Å². The maximum atomic E-state index is 3.51. The van der Waals surface area contributed by atoms with Crippen molar-refractivity contribution in [3.05, 3.63) is 35.4 Å². The van der Waals surface area contributed by atoms with Gasteiger partial charge in [0.15, 0.2) is 0 Å². The summed E-state index contributed by atoms with van der Waals surface area (Å²) in [6.07, 6.45) is 2.35. The molecule has 0 amide bonds. The minimum atomic E-state index is 0.399. The van der Waals surface area contributed by atoms with E-state index in [9.17, 15) is 0 Å². The molecule has 0 spiro atoms. The summed E-state index contributed by atoms with van der Waals surface area (Å²) in [7, 11) is 0. The van der Waals surface area contributed by atoms with Crippen molar-refractivity contribution in [1.82, 2.24) is 10.2 Å². The molecule has 2 nitrogen and oxygen atoms in total. The highest BCUT2D eigenvalue weighted by Crippen LogP contribution is 2.30. The number of rotatable bonds is 7. The van der Waals surface area contributed by atoms with Crippen LogP contribution in [0.3, 0.4) is 0 Å². The van der Waals surface area contributed by atoms with Crippen LogP contribution in [0.4, 0.5) is 0 Å². The van der Waals surface area contributed by atoms with E-state index in [1.807, 2.05) is 0 Å². The van der Waals surface area contributed by atoms with E-state index < -0.39 is 0 Å². The van der Waals surface area contributed by atoms with Crippen LogP contribution in [-0.4, -0.2) is 41.6 Å². The van der Waals surface area contributed by atoms with E-state index in [-0.39, 0.29) is 0 Å². The molecule has 0 saturated carbocycles. The maximum Gasteiger partial charge on any atom is 0.0237 e. The van der Waals surface area contributed by atoms with Crippen LogP contribution < -0.4 is 5.32 Å². The monoisotopic (exact) mass is 306 g/mol. The molecule has 0 unspecified atom stereocenters. The van der Waals surface area contributed by atoms with Crippen molar-refractivity contribution in [2.75, 3.05) is 31.9 Å². The van der Waals surface area contributed by atoms with Crippen LogP contribution in [-0.2, 0) is 13.0 Å². The molecule has 0 aromatic heterocycles. The zero-order chi connectivity index (χ0) is 15.1. The lowest BCUT2D eigenvalue weighted by Gasteiger charge is -2.37. The van der Waals surface area contributed by atoms with E-state index in [0.717, 1.165) is 26.1 Å². The summed E-state index contributed by atoms with van der Waals surface area (Å²) in [5.74, 6) is 1.26. The molecule has 3 heteroatoms. The fraction of sp³-hybridized carbons (Fsp3) is 0.667. The highest BCUT2D eigenvalue weighted by atomic mass is 32.2. The molecule has 118 valence electrons. The summed E-state index contributed by atoms with van der Waals surface area (Å²) < 4.78 is 0.399. The Hall–Kier alpha value is -0.510. The van der Waals surface area contributed by atoms with Gasteiger partial charge in [0, 0.05) is 30.1 Å². The van der Waals surface area contributed by atoms with Gasteiger partial charge in [-0.05, 0) is 50.9 Å². The average Bonchev–Trinajstić information content (AvgIpc) is 2.44. The molecule has 0 aliphatic carbocycles. The average molecular weight is 307 g/mol. The summed E-state index contributed by atoms with van der Waals surface area (Å²) in [6.45, 7) is 12.7. The molecule has 2 rings (SSSR count). The summed E-state index contributed by atoms with van der Waals surface area (Å²) in [5, 5.41) is 3.51. The Morgan fingerprint density at radius 2 is 1.95 bits per heavy atom. The largest absolute Gasteiger partial charge is 0.316 e. The Balaban J connectivity index is 1.93. The van der Waals surface area contributed by atoms with Crippen molar-refractivity contribution >= 4 is 11.8 Å². The summed E-state index contributed by atoms with van der Waals surface area (Å²) in [5.41, 5.74) is 3.02. The van der Waals surface area contributed by atoms with E-state index in [0.29, 0.717) is 4.75 Å². The first-order valence-electron chi connectivity index (χ1n) is 8.24. The zero-order valence-corrected chi connectivity index (χ0v) is 14.6. The van der Waals surface area contributed by atoms with E-state index in [1.54, 1.807) is 0 Å². The second-order valence-electron chi connectivity index (χ2n) is 6.59. The molecule has 0 radical (unpaired) electrons. The van der Waals surface area contributed by atoms with Gasteiger partial charge in [-0.25, -0.2) is 0 Å². The Morgan fingerprint density at radius 3 is 2.67 bits per heavy atom. The van der Waals surface area contributed by atoms with Gasteiger partial charge < -0.3 is 5.32 Å². The predicted molar refractivity (Wildman–Crippen MR) is 95.1 cm³/mol. The van der Waals surface area contributed by atoms with E-state index in [2.05, 4.69) is 67.0 Å². The van der Waals surface area contributed by atoms with E-state index in [1.165, 1.54) is 36.4 Å². The minimum Gasteiger partial charge on any atom is -0.316 e. The Bertz CT molecular complexity index is 431. The Kier molecular flexibility index (Phi) is 6.59. The molecule has 1 fully saturated rings. The van der Waals surface area contributed by atoms with Gasteiger partial charge in [0.1, 0.15) is 0 Å². The number of nitrogens with one attached hydrogen (secondary N) is 1. The number of benzene rings is 1. The fourth-order valence-corrected chi connectivity index (χ4v) is 4.15. The first-order valence-corrected chi connectivity index (χ1v) is 9.23. The summed E-state index contributed by atoms with van der Waals surface area (Å²) in [6, 6.07) is 8.97. The Morgan fingerprint density at radius 1 is 1.19 bits per heavy atom. The lowest BCUT2D eigenvalue weighted by Crippen LogP contribution is -2.42. The molecule has 21 heavy (non-hydrogen) atoms. The summed E-state index contributed by atoms with van der Waals surface area (Å²) >= 11 is 2.11. The van der Waals surface area contributed by atoms with Crippen molar-refractivity contribution in [3.63, 3.8) is 0 Å². The summed E-state index contributed by atoms with van der Waals surface area (Å²) in [4.78, 5) is 2.62. The molecule has 1 aromatic rings. The van der Waals surface area contributed by atoms with Crippen molar-refractivity contribution in [2.45, 2.75) is 44.9 Å². The van der Waals surface area contributed by atoms with Crippen molar-refractivity contribution in [3.8, 4) is 0 Å². The number of hydrogen-bond donors (Lipinski definition) is 1. The zero-order valence-electron chi connectivity index (χ0n) is 13.8. The third kappa shape index (κ3) is 5.65. The lowest BCUT2D eigenvalue weighted by molar-refractivity contribution is 0.252. The van der Waals surface area contributed by atoms with Gasteiger partial charge >= 0.3 is 0 Å². The topological polar surface area (TPSA) is 15.3 Å². The fourth-order valence-electron chi connectivity index (χ4n) is 2.97. The maximum absolute atomic E-state index is 3.51. The molecule has 0 atom stereocenters. The molecule has 1 N–H and O–H groups in total. The van der Waals surface area contributed by atoms with Crippen LogP contribution >= 0.6 is 11.8 Å². The second-order valence-corrected chi connectivity index (χ2v) is 8.39. The van der Waals surface area contributed by atoms with Crippen LogP contribution in [0, 0.1) is 0 Å². The first kappa shape index (κ1) is 16.9. The van der Waals surface area contributed by atoms with Crippen molar-refractivity contribution in [2.24, 2.45) is 0 Å². The van der Waals surface area contributed by atoms with Gasteiger partial charge in [-0.15, -0.1) is 0 Å². The molecule has 1 aliphatic heterocycles. The van der Waals surface area contributed by atoms with Gasteiger partial charge in [0.2, 0.25) is 0 Å². The molecule has 1 aliphatic rings. The number of nitrogens with zero attached hydrogens (tertiary/aromatic N) is 1. The van der Waals surface area contributed by atoms with Crippen molar-refractivity contribution < 1.29 is 0 Å². The highest BCUT2D eigenvalue weighted by molar-refractivity contribution is 8.00. The standard InChI is InChI=1S/C18H30N2S/c1-4-10-19-11-9-16-7-5-6-8-17(16)14-20-12-13-21-18(2,3)15-20/h5-8,19H,4,9-15H2,1-3H3. The third-order valence-electron chi connectivity index (χ3n) is 4.01. The third-order valence-corrected chi connectivity index (χ3v) is 5.31. The lowest BCUT2D eigenvalue weighted by atomic mass is 10.0. The van der Waals surface area contributed by atoms with Gasteiger partial charge in [0.25, 0.3) is 0 Å². The second kappa shape index (κ2) is 8.21. The first-order chi connectivity index (χ1) is 10.1. The van der Waals surface area contributed by atoms with Gasteiger partial charge in [-0.1, -0.05) is 31.2 Å². The smallest absolute Gasteiger partial charge is 0.0237 e. The molecular weight excluding hydrogens is 276 g/mol. The van der Waals surface area contributed by atoms with E-state index >= 15 is 0 Å². The molecule has 1 heterocycles. The van der Waals surface area contributed by atoms with Crippen LogP contribution in [0.25, 0.3) is 0 Å². The molecule has 0 bridgehead atoms. The molecular formula is C18H30N2S. The highest BCUT2D eigenvalue weighted by Gasteiger charge is 2.27. The molecule has 1 saturated heterocycles. The van der Waals surface area contributed by atoms with E-state index in [4.69, 9.17) is 0 Å². The predicted octanol–water partition coefficient (Wildman–Crippen LogP) is 3.56. The van der Waals surface area contributed by atoms with Crippen LogP contribution in [0.1, 0.15) is 38.3 Å². The number of thioether (sulfide) groups is 1. The van der Waals surface area contributed by atoms with Gasteiger partial charge in [-0.3, -0.25) is 4.90 Å². The minimum absolute atomic E-state index is 0.399. The molecule has 1 aromatic carbocycles. The van der Waals surface area contributed by atoms with Gasteiger partial charge in [0.05, 0.1) is 0 Å². The number of hydrogen-bond acceptors (Lipinski definition) is 3. The SMILES string of the molecule is CCCNCCc1ccccc1CN1CCSC(C)(C)C1. The van der Waals surface area contributed by atoms with Crippen molar-refractivity contribution in [1.29, 1.82) is 0 Å². The quantitative estimate of drug-likeness (QED) is 0.776. The normalized spacial score (nSPS) is 18.8. The Labute approximate surface area is 134 Å².